The number of rotatable bonds is 14. The van der Waals surface area contributed by atoms with Crippen molar-refractivity contribution in [1.29, 1.82) is 0 Å². The number of carbonyl (C=O) groups is 1. The number of nitrogens with two attached hydrogens (primary N) is 1. The minimum absolute atomic E-state index is 0.146. The predicted molar refractivity (Wildman–Crippen MR) is 131 cm³/mol. The maximum Gasteiger partial charge on any atom is 0.328 e. The van der Waals surface area contributed by atoms with Crippen LogP contribution in [0.15, 0.2) is 23.1 Å². The fraction of sp³-hybridized carbons (Fsp3) is 0.522. The Hall–Kier alpha value is -3.67. The second-order valence-corrected chi connectivity index (χ2v) is 8.07. The van der Waals surface area contributed by atoms with Gasteiger partial charge in [0.15, 0.2) is 11.5 Å². The van der Waals surface area contributed by atoms with E-state index < -0.39 is 0 Å². The monoisotopic (exact) mass is 487 g/mol. The van der Waals surface area contributed by atoms with Crippen LogP contribution in [0.2, 0.25) is 0 Å². The molecule has 35 heavy (non-hydrogen) atoms. The van der Waals surface area contributed by atoms with Crippen LogP contribution < -0.4 is 26.2 Å². The molecule has 0 aliphatic heterocycles. The first-order valence-electron chi connectivity index (χ1n) is 11.7. The molecule has 3 rings (SSSR count). The van der Waals surface area contributed by atoms with Gasteiger partial charge in [-0.3, -0.25) is 9.36 Å². The molecule has 0 aromatic carbocycles. The third kappa shape index (κ3) is 7.15. The third-order valence-electron chi connectivity index (χ3n) is 5.32. The molecule has 0 saturated carbocycles. The Balaban J connectivity index is 1.54. The zero-order valence-corrected chi connectivity index (χ0v) is 20.4. The molecule has 0 aliphatic carbocycles. The lowest BCUT2D eigenvalue weighted by Crippen LogP contribution is -2.35. The molecule has 0 aliphatic rings. The Bertz CT molecular complexity index is 1160. The van der Waals surface area contributed by atoms with E-state index in [4.69, 9.17) is 15.2 Å². The van der Waals surface area contributed by atoms with Gasteiger partial charge in [-0.1, -0.05) is 19.4 Å². The van der Waals surface area contributed by atoms with Gasteiger partial charge >= 0.3 is 17.7 Å². The summed E-state index contributed by atoms with van der Waals surface area (Å²) in [5.41, 5.74) is 7.21. The molecule has 1 unspecified atom stereocenters. The molecular weight excluding hydrogens is 454 g/mol. The Morgan fingerprint density at radius 2 is 2.00 bits per heavy atom. The molecule has 0 radical (unpaired) electrons. The lowest BCUT2D eigenvalue weighted by atomic mass is 10.3. The van der Waals surface area contributed by atoms with E-state index in [2.05, 4.69) is 36.9 Å². The second kappa shape index (κ2) is 12.7. The fourth-order valence-corrected chi connectivity index (χ4v) is 3.30. The number of aromatic nitrogens is 5. The number of carbonyl (C=O) groups excluding carboxylic acids is 1. The van der Waals surface area contributed by atoms with Crippen LogP contribution in [-0.4, -0.2) is 63.4 Å². The number of anilines is 1. The van der Waals surface area contributed by atoms with Crippen molar-refractivity contribution in [3.63, 3.8) is 0 Å². The number of fused-ring (bicyclic) bond motifs is 1. The second-order valence-electron chi connectivity index (χ2n) is 8.07. The van der Waals surface area contributed by atoms with Crippen LogP contribution in [0.3, 0.4) is 0 Å². The lowest BCUT2D eigenvalue weighted by Gasteiger charge is -2.11. The van der Waals surface area contributed by atoms with E-state index in [0.29, 0.717) is 36.8 Å². The minimum Gasteiger partial charge on any atom is -0.478 e. The summed E-state index contributed by atoms with van der Waals surface area (Å²) in [7, 11) is 1.37. The van der Waals surface area contributed by atoms with Gasteiger partial charge < -0.3 is 30.2 Å². The van der Waals surface area contributed by atoms with Crippen LogP contribution in [-0.2, 0) is 16.1 Å². The first-order chi connectivity index (χ1) is 16.9. The Kier molecular flexibility index (Phi) is 9.41. The number of nitrogen functional groups attached to an aromatic ring is 1. The lowest BCUT2D eigenvalue weighted by molar-refractivity contribution is -0.142. The number of H-pyrrole nitrogens is 1. The van der Waals surface area contributed by atoms with E-state index in [1.54, 1.807) is 19.2 Å². The highest BCUT2D eigenvalue weighted by Gasteiger charge is 2.15. The average Bonchev–Trinajstić information content (AvgIpc) is 3.17. The number of imidazole rings is 1. The van der Waals surface area contributed by atoms with E-state index in [1.165, 1.54) is 11.7 Å². The Morgan fingerprint density at radius 3 is 2.71 bits per heavy atom. The molecule has 4 N–H and O–H groups in total. The van der Waals surface area contributed by atoms with Gasteiger partial charge in [-0.2, -0.15) is 9.97 Å². The van der Waals surface area contributed by atoms with Crippen molar-refractivity contribution >= 4 is 23.0 Å². The summed E-state index contributed by atoms with van der Waals surface area (Å²) in [5, 5.41) is 3.10. The summed E-state index contributed by atoms with van der Waals surface area (Å²) in [5.74, 6) is 0.375. The molecule has 3 aromatic heterocycles. The van der Waals surface area contributed by atoms with Gasteiger partial charge in [-0.25, -0.2) is 9.78 Å². The number of ether oxygens (including phenoxy) is 3. The van der Waals surface area contributed by atoms with Crippen molar-refractivity contribution in [2.75, 3.05) is 32.6 Å². The first-order valence-corrected chi connectivity index (χ1v) is 11.7. The van der Waals surface area contributed by atoms with Gasteiger partial charge in [0.25, 0.3) is 0 Å². The molecule has 0 spiro atoms. The molecule has 1 atom stereocenters. The highest BCUT2D eigenvalue weighted by atomic mass is 16.5. The number of aromatic amines is 1. The van der Waals surface area contributed by atoms with Crippen LogP contribution in [0.1, 0.15) is 45.1 Å². The molecule has 0 saturated heterocycles. The number of hydrogen-bond acceptors (Lipinski definition) is 10. The molecule has 190 valence electrons. The third-order valence-corrected chi connectivity index (χ3v) is 5.32. The largest absolute Gasteiger partial charge is 0.478 e. The van der Waals surface area contributed by atoms with E-state index in [0.717, 1.165) is 31.2 Å². The molecule has 3 aromatic rings. The average molecular weight is 488 g/mol. The summed E-state index contributed by atoms with van der Waals surface area (Å²) < 4.78 is 17.4. The highest BCUT2D eigenvalue weighted by molar-refractivity contribution is 5.82. The van der Waals surface area contributed by atoms with Gasteiger partial charge in [0.1, 0.15) is 11.6 Å². The molecule has 0 amide bonds. The smallest absolute Gasteiger partial charge is 0.328 e. The van der Waals surface area contributed by atoms with Crippen molar-refractivity contribution in [1.82, 2.24) is 29.8 Å². The fourth-order valence-electron chi connectivity index (χ4n) is 3.30. The van der Waals surface area contributed by atoms with E-state index in [1.807, 2.05) is 6.07 Å². The summed E-state index contributed by atoms with van der Waals surface area (Å²) >= 11 is 0. The van der Waals surface area contributed by atoms with Gasteiger partial charge in [0.2, 0.25) is 5.88 Å². The summed E-state index contributed by atoms with van der Waals surface area (Å²) in [6.07, 6.45) is 5.15. The van der Waals surface area contributed by atoms with Gasteiger partial charge in [0.05, 0.1) is 26.9 Å². The van der Waals surface area contributed by atoms with Crippen LogP contribution in [0.4, 0.5) is 5.82 Å². The zero-order valence-electron chi connectivity index (χ0n) is 20.4. The van der Waals surface area contributed by atoms with E-state index in [-0.39, 0.29) is 36.1 Å². The number of methoxy groups -OCH3 is 1. The Morgan fingerprint density at radius 1 is 1.20 bits per heavy atom. The highest BCUT2D eigenvalue weighted by Crippen LogP contribution is 2.19. The van der Waals surface area contributed by atoms with Crippen molar-refractivity contribution in [2.24, 2.45) is 0 Å². The number of unbranched alkanes of at least 4 members (excludes halogenated alkanes) is 2. The molecule has 0 fully saturated rings. The van der Waals surface area contributed by atoms with Crippen LogP contribution in [0.25, 0.3) is 11.2 Å². The SMILES string of the molecule is CCCCOc1nc(N)c2[nH]c(=O)n(Cc3ccc(OCCCCNC(C)C(=O)OC)nc3)c2n1. The summed E-state index contributed by atoms with van der Waals surface area (Å²) in [4.78, 5) is 39.4. The van der Waals surface area contributed by atoms with Crippen LogP contribution in [0, 0.1) is 0 Å². The number of esters is 1. The van der Waals surface area contributed by atoms with Crippen molar-refractivity contribution < 1.29 is 19.0 Å². The maximum absolute atomic E-state index is 12.5. The van der Waals surface area contributed by atoms with Gasteiger partial charge in [-0.05, 0) is 38.3 Å². The number of nitrogens with one attached hydrogen (secondary N) is 2. The summed E-state index contributed by atoms with van der Waals surface area (Å²) in [6.45, 7) is 5.74. The van der Waals surface area contributed by atoms with Gasteiger partial charge in [-0.15, -0.1) is 0 Å². The zero-order chi connectivity index (χ0) is 25.2. The van der Waals surface area contributed by atoms with E-state index in [9.17, 15) is 9.59 Å². The van der Waals surface area contributed by atoms with Crippen LogP contribution in [0.5, 0.6) is 11.9 Å². The predicted octanol–water partition coefficient (Wildman–Crippen LogP) is 1.63. The molecule has 12 nitrogen and oxygen atoms in total. The molecule has 0 bridgehead atoms. The van der Waals surface area contributed by atoms with E-state index >= 15 is 0 Å². The Labute approximate surface area is 203 Å². The van der Waals surface area contributed by atoms with Crippen molar-refractivity contribution in [2.45, 2.75) is 52.1 Å². The number of pyridine rings is 1. The topological polar surface area (TPSA) is 159 Å². The number of nitrogens with zero attached hydrogens (tertiary/aromatic N) is 4. The minimum atomic E-state index is -0.345. The van der Waals surface area contributed by atoms with Gasteiger partial charge in [0, 0.05) is 12.3 Å². The molecule has 3 heterocycles. The number of hydrogen-bond donors (Lipinski definition) is 3. The molecule has 12 heteroatoms. The van der Waals surface area contributed by atoms with Crippen molar-refractivity contribution in [3.8, 4) is 11.9 Å². The van der Waals surface area contributed by atoms with Crippen molar-refractivity contribution in [3.05, 3.63) is 34.4 Å². The standard InChI is InChI=1S/C23H33N7O5/c1-4-5-11-35-22-28-19(24)18-20(29-22)30(23(32)27-18)14-16-8-9-17(26-13-16)34-12-7-6-10-25-15(2)21(31)33-3/h8-9,13,15,25H,4-7,10-12,14H2,1-3H3,(H,27,32)(H2,24,28,29). The van der Waals surface area contributed by atoms with Crippen LogP contribution >= 0.6 is 0 Å². The normalized spacial score (nSPS) is 12.0. The first kappa shape index (κ1) is 25.9. The quantitative estimate of drug-likeness (QED) is 0.225. The molecular formula is C23H33N7O5. The summed E-state index contributed by atoms with van der Waals surface area (Å²) in [6, 6.07) is 3.42. The maximum atomic E-state index is 12.5.